The van der Waals surface area contributed by atoms with Crippen molar-refractivity contribution in [1.82, 2.24) is 0 Å². The molecule has 2 N–H and O–H groups in total. The van der Waals surface area contributed by atoms with E-state index < -0.39 is 5.97 Å². The van der Waals surface area contributed by atoms with Gasteiger partial charge in [-0.15, -0.1) is 0 Å². The highest BCUT2D eigenvalue weighted by atomic mass is 32.2. The second-order valence-corrected chi connectivity index (χ2v) is 6.87. The molecule has 1 aliphatic heterocycles. The molecule has 29 heavy (non-hydrogen) atoms. The van der Waals surface area contributed by atoms with E-state index in [-0.39, 0.29) is 22.1 Å². The van der Waals surface area contributed by atoms with Crippen LogP contribution >= 0.6 is 11.8 Å². The fraction of sp³-hybridized carbons (Fsp3) is 0.143. The lowest BCUT2D eigenvalue weighted by Gasteiger charge is -2.06. The van der Waals surface area contributed by atoms with E-state index >= 15 is 0 Å². The molecule has 0 amide bonds. The normalized spacial score (nSPS) is 16.4. The molecule has 0 bridgehead atoms. The largest absolute Gasteiger partial charge is 0.508 e. The van der Waals surface area contributed by atoms with Gasteiger partial charge in [-0.25, -0.2) is 9.79 Å². The van der Waals surface area contributed by atoms with Crippen molar-refractivity contribution in [3.63, 3.8) is 0 Å². The van der Waals surface area contributed by atoms with Gasteiger partial charge in [-0.3, -0.25) is 0 Å². The summed E-state index contributed by atoms with van der Waals surface area (Å²) in [5.74, 6) is 0.0504. The number of hydrogen-bond acceptors (Lipinski definition) is 8. The van der Waals surface area contributed by atoms with Crippen molar-refractivity contribution >= 4 is 34.5 Å². The number of carbonyl (C=O) groups excluding carboxylic acids is 1. The number of benzene rings is 2. The van der Waals surface area contributed by atoms with Crippen LogP contribution < -0.4 is 9.47 Å². The maximum absolute atomic E-state index is 12.3. The van der Waals surface area contributed by atoms with E-state index in [2.05, 4.69) is 4.99 Å². The average molecular weight is 413 g/mol. The second kappa shape index (κ2) is 8.74. The van der Waals surface area contributed by atoms with Crippen LogP contribution in [-0.2, 0) is 9.53 Å². The lowest BCUT2D eigenvalue weighted by Crippen LogP contribution is -2.10. The number of nitrogens with zero attached hydrogens (tertiary/aromatic N) is 1. The molecule has 1 aliphatic rings. The average Bonchev–Trinajstić information content (AvgIpc) is 3.03. The fourth-order valence-corrected chi connectivity index (χ4v) is 3.70. The molecular weight excluding hydrogens is 394 g/mol. The molecule has 0 spiro atoms. The molecule has 2 aromatic rings. The standard InChI is InChI=1S/C21H19NO6S/c1-26-15-7-5-4-6-14(15)22-20-18(21(25)28-3)19(24)17(29-20)10-12-8-9-13(23)11-16(12)27-2/h4-11,23-24H,1-3H3/b17-10+,22-20?. The molecule has 0 aromatic heterocycles. The van der Waals surface area contributed by atoms with Crippen LogP contribution in [0.25, 0.3) is 6.08 Å². The summed E-state index contributed by atoms with van der Waals surface area (Å²) < 4.78 is 15.4. The molecule has 7 nitrogen and oxygen atoms in total. The lowest BCUT2D eigenvalue weighted by atomic mass is 10.1. The number of aliphatic hydroxyl groups excluding tert-OH is 1. The van der Waals surface area contributed by atoms with Crippen LogP contribution in [0.1, 0.15) is 5.56 Å². The van der Waals surface area contributed by atoms with Crippen molar-refractivity contribution in [3.8, 4) is 17.2 Å². The molecule has 3 rings (SSSR count). The molecule has 0 atom stereocenters. The highest BCUT2D eigenvalue weighted by Crippen LogP contribution is 2.42. The highest BCUT2D eigenvalue weighted by Gasteiger charge is 2.33. The van der Waals surface area contributed by atoms with Crippen molar-refractivity contribution in [2.75, 3.05) is 21.3 Å². The number of phenols is 1. The molecule has 0 unspecified atom stereocenters. The molecule has 2 aromatic carbocycles. The van der Waals surface area contributed by atoms with Crippen LogP contribution in [0.3, 0.4) is 0 Å². The zero-order valence-corrected chi connectivity index (χ0v) is 16.8. The number of phenolic OH excluding ortho intramolecular Hbond substituents is 1. The van der Waals surface area contributed by atoms with Crippen molar-refractivity contribution in [1.29, 1.82) is 0 Å². The number of rotatable bonds is 5. The molecule has 0 saturated heterocycles. The Hall–Kier alpha value is -3.39. The third kappa shape index (κ3) is 4.22. The van der Waals surface area contributed by atoms with Gasteiger partial charge < -0.3 is 24.4 Å². The quantitative estimate of drug-likeness (QED) is 0.709. The number of aromatic hydroxyl groups is 1. The first-order chi connectivity index (χ1) is 14.0. The molecule has 150 valence electrons. The highest BCUT2D eigenvalue weighted by molar-refractivity contribution is 8.18. The van der Waals surface area contributed by atoms with Crippen molar-refractivity contribution in [2.45, 2.75) is 0 Å². The smallest absolute Gasteiger partial charge is 0.344 e. The minimum atomic E-state index is -0.704. The monoisotopic (exact) mass is 413 g/mol. The maximum Gasteiger partial charge on any atom is 0.344 e. The SMILES string of the molecule is COC(=O)C1=C(O)/C(=C\c2ccc(O)cc2OC)SC1=Nc1ccccc1OC. The van der Waals surface area contributed by atoms with Gasteiger partial charge >= 0.3 is 5.97 Å². The number of methoxy groups -OCH3 is 3. The number of para-hydroxylation sites is 2. The Kier molecular flexibility index (Phi) is 6.13. The van der Waals surface area contributed by atoms with Gasteiger partial charge in [-0.1, -0.05) is 23.9 Å². The number of thioether (sulfide) groups is 1. The number of aliphatic imine (C=N–C) groups is 1. The number of carbonyl (C=O) groups is 1. The van der Waals surface area contributed by atoms with Gasteiger partial charge in [0.15, 0.2) is 0 Å². The Morgan fingerprint density at radius 2 is 1.76 bits per heavy atom. The summed E-state index contributed by atoms with van der Waals surface area (Å²) in [5.41, 5.74) is 1.09. The Morgan fingerprint density at radius 3 is 2.45 bits per heavy atom. The fourth-order valence-electron chi connectivity index (χ4n) is 2.68. The zero-order valence-electron chi connectivity index (χ0n) is 16.0. The van der Waals surface area contributed by atoms with E-state index in [1.54, 1.807) is 36.4 Å². The van der Waals surface area contributed by atoms with Crippen molar-refractivity contribution in [2.24, 2.45) is 4.99 Å². The number of hydrogen-bond donors (Lipinski definition) is 2. The third-order valence-corrected chi connectivity index (χ3v) is 5.11. The summed E-state index contributed by atoms with van der Waals surface area (Å²) in [6.45, 7) is 0. The van der Waals surface area contributed by atoms with E-state index in [1.807, 2.05) is 0 Å². The maximum atomic E-state index is 12.3. The minimum Gasteiger partial charge on any atom is -0.508 e. The van der Waals surface area contributed by atoms with Gasteiger partial charge in [-0.2, -0.15) is 0 Å². The summed E-state index contributed by atoms with van der Waals surface area (Å²) in [4.78, 5) is 17.2. The second-order valence-electron chi connectivity index (χ2n) is 5.84. The van der Waals surface area contributed by atoms with E-state index in [9.17, 15) is 15.0 Å². The molecule has 0 aliphatic carbocycles. The predicted octanol–water partition coefficient (Wildman–Crippen LogP) is 4.21. The summed E-state index contributed by atoms with van der Waals surface area (Å²) >= 11 is 1.12. The van der Waals surface area contributed by atoms with Crippen molar-refractivity contribution < 1.29 is 29.2 Å². The summed E-state index contributed by atoms with van der Waals surface area (Å²) in [6.07, 6.45) is 1.64. The van der Waals surface area contributed by atoms with Gasteiger partial charge in [0.1, 0.15) is 39.3 Å². The minimum absolute atomic E-state index is 0.0348. The summed E-state index contributed by atoms with van der Waals surface area (Å²) in [5, 5.41) is 20.6. The Morgan fingerprint density at radius 1 is 1.03 bits per heavy atom. The van der Waals surface area contributed by atoms with Gasteiger partial charge in [0.25, 0.3) is 0 Å². The Labute approximate surface area is 171 Å². The van der Waals surface area contributed by atoms with Gasteiger partial charge in [0.05, 0.1) is 26.2 Å². The van der Waals surface area contributed by atoms with Crippen LogP contribution in [0.4, 0.5) is 5.69 Å². The number of aliphatic hydroxyl groups is 1. The Bertz CT molecular complexity index is 1040. The first-order valence-electron chi connectivity index (χ1n) is 8.49. The van der Waals surface area contributed by atoms with Crippen LogP contribution in [0.5, 0.6) is 17.2 Å². The lowest BCUT2D eigenvalue weighted by molar-refractivity contribution is -0.135. The van der Waals surface area contributed by atoms with Crippen LogP contribution in [0.15, 0.2) is 63.7 Å². The summed E-state index contributed by atoms with van der Waals surface area (Å²) in [7, 11) is 4.24. The van der Waals surface area contributed by atoms with E-state index in [4.69, 9.17) is 14.2 Å². The van der Waals surface area contributed by atoms with Crippen molar-refractivity contribution in [3.05, 3.63) is 64.3 Å². The van der Waals surface area contributed by atoms with Crippen LogP contribution in [0, 0.1) is 0 Å². The number of esters is 1. The Balaban J connectivity index is 2.10. The zero-order chi connectivity index (χ0) is 21.0. The first kappa shape index (κ1) is 20.3. The van der Waals surface area contributed by atoms with Gasteiger partial charge in [0.2, 0.25) is 0 Å². The van der Waals surface area contributed by atoms with Gasteiger partial charge in [0, 0.05) is 11.6 Å². The van der Waals surface area contributed by atoms with E-state index in [0.717, 1.165) is 11.8 Å². The molecule has 0 saturated carbocycles. The molecular formula is C21H19NO6S. The first-order valence-corrected chi connectivity index (χ1v) is 9.30. The van der Waals surface area contributed by atoms with Crippen LogP contribution in [-0.4, -0.2) is 42.6 Å². The van der Waals surface area contributed by atoms with E-state index in [0.29, 0.717) is 27.7 Å². The van der Waals surface area contributed by atoms with E-state index in [1.165, 1.54) is 33.5 Å². The molecule has 1 heterocycles. The van der Waals surface area contributed by atoms with Crippen LogP contribution in [0.2, 0.25) is 0 Å². The molecule has 0 radical (unpaired) electrons. The molecule has 0 fully saturated rings. The predicted molar refractivity (Wildman–Crippen MR) is 112 cm³/mol. The molecule has 8 heteroatoms. The third-order valence-electron chi connectivity index (χ3n) is 4.09. The number of ether oxygens (including phenoxy) is 3. The summed E-state index contributed by atoms with van der Waals surface area (Å²) in [6, 6.07) is 11.7. The van der Waals surface area contributed by atoms with Gasteiger partial charge in [-0.05, 0) is 30.3 Å². The topological polar surface area (TPSA) is 97.6 Å².